The molecular weight excluding hydrogens is 759 g/mol. The second-order valence-electron chi connectivity index (χ2n) is 14.5. The summed E-state index contributed by atoms with van der Waals surface area (Å²) in [5.74, 6) is 0.547. The fourth-order valence-electron chi connectivity index (χ4n) is 7.24. The van der Waals surface area contributed by atoms with Crippen molar-refractivity contribution in [2.24, 2.45) is 11.8 Å². The van der Waals surface area contributed by atoms with E-state index in [2.05, 4.69) is 90.1 Å². The molecule has 0 fully saturated rings. The van der Waals surface area contributed by atoms with Crippen molar-refractivity contribution in [3.05, 3.63) is 88.8 Å². The number of hydrogen-bond donors (Lipinski definition) is 1. The quantitative estimate of drug-likeness (QED) is 0.101. The molecule has 0 saturated heterocycles. The summed E-state index contributed by atoms with van der Waals surface area (Å²) in [4.78, 5) is 16.7. The maximum absolute atomic E-state index is 11.7. The van der Waals surface area contributed by atoms with Crippen molar-refractivity contribution in [2.75, 3.05) is 0 Å². The van der Waals surface area contributed by atoms with Crippen LogP contribution in [-0.2, 0) is 35.7 Å². The molecule has 2 aromatic heterocycles. The number of ketones is 1. The number of nitrogens with zero attached hydrogens (tertiary/aromatic N) is 1. The van der Waals surface area contributed by atoms with Gasteiger partial charge in [0.25, 0.3) is 0 Å². The van der Waals surface area contributed by atoms with Crippen LogP contribution in [0, 0.1) is 24.8 Å². The molecule has 0 spiro atoms. The van der Waals surface area contributed by atoms with Crippen molar-refractivity contribution < 1.29 is 34.4 Å². The van der Waals surface area contributed by atoms with Gasteiger partial charge in [-0.2, -0.15) is 0 Å². The number of rotatable bonds is 7. The predicted molar refractivity (Wildman–Crippen MR) is 193 cm³/mol. The van der Waals surface area contributed by atoms with Crippen molar-refractivity contribution in [3.63, 3.8) is 0 Å². The van der Waals surface area contributed by atoms with E-state index >= 15 is 0 Å². The Labute approximate surface area is 294 Å². The first-order valence-corrected chi connectivity index (χ1v) is 17.0. The van der Waals surface area contributed by atoms with Gasteiger partial charge in [-0.15, -0.1) is 17.7 Å². The maximum atomic E-state index is 11.7. The Morgan fingerprint density at radius 3 is 2.21 bits per heavy atom. The minimum atomic E-state index is -0.241. The number of fused-ring (bicyclic) bond motifs is 4. The smallest absolute Gasteiger partial charge is 0.162 e. The van der Waals surface area contributed by atoms with Crippen LogP contribution in [-0.4, -0.2) is 15.9 Å². The molecule has 251 valence electrons. The summed E-state index contributed by atoms with van der Waals surface area (Å²) in [6.07, 6.45) is 6.90. The predicted octanol–water partition coefficient (Wildman–Crippen LogP) is 11.7. The molecule has 2 heterocycles. The zero-order valence-corrected chi connectivity index (χ0v) is 32.1. The average Bonchev–Trinajstić information content (AvgIpc) is 3.39. The van der Waals surface area contributed by atoms with Crippen LogP contribution in [0.2, 0.25) is 0 Å². The molecule has 5 aromatic rings. The molecule has 0 aliphatic heterocycles. The Morgan fingerprint density at radius 1 is 0.957 bits per heavy atom. The number of allylic oxidation sites excluding steroid dienone is 2. The van der Waals surface area contributed by atoms with E-state index in [1.807, 2.05) is 33.9 Å². The molecule has 4 nitrogen and oxygen atoms in total. The minimum absolute atomic E-state index is 0. The van der Waals surface area contributed by atoms with Gasteiger partial charge < -0.3 is 14.5 Å². The first-order chi connectivity index (χ1) is 21.8. The summed E-state index contributed by atoms with van der Waals surface area (Å²) in [6.45, 7) is 21.6. The summed E-state index contributed by atoms with van der Waals surface area (Å²) < 4.78 is 6.65. The van der Waals surface area contributed by atoms with Gasteiger partial charge in [0.15, 0.2) is 5.78 Å². The molecule has 0 saturated carbocycles. The standard InChI is InChI=1S/C29H26NO.C13H24O2.Ir/c1-16-11-12-19-22-23-20(13-14-21(28(2,3)4)27(23)31-26(16)22)29(5,6)24-18-10-8-7-9-17(18)15-30-25(19)24;1-5-10(6-2)12(14)9-13(15)11(7-3)8-4;/h7-11,13-15H,1-6H3;9-11,14H,5-8H2,1-4H3;/q-1;;/b;12-9-;. The number of carbonyl (C=O) groups is 1. The first-order valence-electron chi connectivity index (χ1n) is 17.0. The van der Waals surface area contributed by atoms with Crippen LogP contribution in [0.3, 0.4) is 0 Å². The number of aromatic nitrogens is 1. The molecule has 5 heteroatoms. The molecule has 0 amide bonds. The maximum Gasteiger partial charge on any atom is 0.162 e. The Balaban J connectivity index is 0.000000269. The van der Waals surface area contributed by atoms with Crippen molar-refractivity contribution in [2.45, 2.75) is 106 Å². The largest absolute Gasteiger partial charge is 0.512 e. The molecule has 0 unspecified atom stereocenters. The molecule has 1 radical (unpaired) electrons. The third-order valence-corrected chi connectivity index (χ3v) is 10.1. The van der Waals surface area contributed by atoms with Gasteiger partial charge in [-0.3, -0.25) is 4.79 Å². The van der Waals surface area contributed by atoms with Crippen molar-refractivity contribution in [3.8, 4) is 11.3 Å². The molecule has 0 atom stereocenters. The zero-order chi connectivity index (χ0) is 33.6. The fraction of sp³-hybridized carbons (Fsp3) is 0.429. The topological polar surface area (TPSA) is 63.3 Å². The summed E-state index contributed by atoms with van der Waals surface area (Å²) >= 11 is 0. The van der Waals surface area contributed by atoms with Crippen LogP contribution < -0.4 is 0 Å². The molecule has 1 aliphatic carbocycles. The third-order valence-electron chi connectivity index (χ3n) is 10.1. The van der Waals surface area contributed by atoms with Gasteiger partial charge in [0.2, 0.25) is 0 Å². The van der Waals surface area contributed by atoms with E-state index in [0.29, 0.717) is 0 Å². The van der Waals surface area contributed by atoms with Gasteiger partial charge in [0, 0.05) is 49.6 Å². The van der Waals surface area contributed by atoms with Gasteiger partial charge in [0.05, 0.1) is 11.3 Å². The van der Waals surface area contributed by atoms with Crippen LogP contribution in [0.25, 0.3) is 44.0 Å². The SMILES string of the molecule is CCC(CC)C(=O)/C=C(\O)C(CC)CC.Cc1c[c-]c2c3c1oc1c(C(C)(C)C)ccc(c13)C(C)(C)c1c-2ncc2ccccc12.[Ir]. The number of aliphatic hydroxyl groups excluding tert-OH is 1. The fourth-order valence-corrected chi connectivity index (χ4v) is 7.24. The Bertz CT molecular complexity index is 1950. The van der Waals surface area contributed by atoms with Gasteiger partial charge in [-0.25, -0.2) is 0 Å². The van der Waals surface area contributed by atoms with Crippen molar-refractivity contribution in [1.29, 1.82) is 0 Å². The van der Waals surface area contributed by atoms with E-state index in [1.54, 1.807) is 0 Å². The summed E-state index contributed by atoms with van der Waals surface area (Å²) in [5, 5.41) is 14.6. The number of carbonyl (C=O) groups excluding carboxylic acids is 1. The molecule has 1 aliphatic rings. The van der Waals surface area contributed by atoms with Crippen LogP contribution >= 0.6 is 0 Å². The Kier molecular flexibility index (Phi) is 10.9. The molecule has 47 heavy (non-hydrogen) atoms. The van der Waals surface area contributed by atoms with E-state index in [1.165, 1.54) is 38.9 Å². The molecule has 1 N–H and O–H groups in total. The van der Waals surface area contributed by atoms with Crippen LogP contribution in [0.15, 0.2) is 64.9 Å². The zero-order valence-electron chi connectivity index (χ0n) is 29.7. The van der Waals surface area contributed by atoms with Crippen LogP contribution in [0.1, 0.15) is 110 Å². The van der Waals surface area contributed by atoms with Crippen LogP contribution in [0.4, 0.5) is 0 Å². The second-order valence-corrected chi connectivity index (χ2v) is 14.5. The van der Waals surface area contributed by atoms with Gasteiger partial charge >= 0.3 is 0 Å². The van der Waals surface area contributed by atoms with Gasteiger partial charge in [-0.05, 0) is 69.6 Å². The number of hydrogen-bond acceptors (Lipinski definition) is 4. The van der Waals surface area contributed by atoms with E-state index in [0.717, 1.165) is 59.1 Å². The average molecular weight is 809 g/mol. The monoisotopic (exact) mass is 809 g/mol. The Morgan fingerprint density at radius 2 is 1.60 bits per heavy atom. The normalized spacial score (nSPS) is 13.9. The van der Waals surface area contributed by atoms with Crippen LogP contribution in [0.5, 0.6) is 0 Å². The molecule has 3 aromatic carbocycles. The van der Waals surface area contributed by atoms with E-state index in [4.69, 9.17) is 9.40 Å². The van der Waals surface area contributed by atoms with E-state index in [-0.39, 0.29) is 54.3 Å². The Hall–Kier alpha value is -3.27. The number of aliphatic hydroxyl groups is 1. The number of aryl methyl sites for hydroxylation is 1. The molecule has 6 rings (SSSR count). The molecule has 0 bridgehead atoms. The van der Waals surface area contributed by atoms with E-state index in [9.17, 15) is 9.90 Å². The second kappa shape index (κ2) is 14.1. The summed E-state index contributed by atoms with van der Waals surface area (Å²) in [6, 6.07) is 18.8. The van der Waals surface area contributed by atoms with Crippen molar-refractivity contribution in [1.82, 2.24) is 4.98 Å². The van der Waals surface area contributed by atoms with E-state index < -0.39 is 0 Å². The summed E-state index contributed by atoms with van der Waals surface area (Å²) in [7, 11) is 0. The summed E-state index contributed by atoms with van der Waals surface area (Å²) in [5.41, 5.74) is 8.71. The number of pyridine rings is 1. The number of furan rings is 1. The third kappa shape index (κ3) is 6.46. The first kappa shape index (κ1) is 36.6. The van der Waals surface area contributed by atoms with Gasteiger partial charge in [-0.1, -0.05) is 117 Å². The minimum Gasteiger partial charge on any atom is -0.512 e. The van der Waals surface area contributed by atoms with Crippen molar-refractivity contribution >= 4 is 38.5 Å². The molecular formula is C42H50IrNO3-. The number of benzene rings is 3. The van der Waals surface area contributed by atoms with Gasteiger partial charge in [0.1, 0.15) is 5.58 Å².